The van der Waals surface area contributed by atoms with Gasteiger partial charge in [-0.1, -0.05) is 6.42 Å². The Labute approximate surface area is 83.5 Å². The van der Waals surface area contributed by atoms with Crippen LogP contribution in [-0.2, 0) is 9.53 Å². The van der Waals surface area contributed by atoms with E-state index in [1.807, 2.05) is 0 Å². The summed E-state index contributed by atoms with van der Waals surface area (Å²) in [7, 11) is 0. The summed E-state index contributed by atoms with van der Waals surface area (Å²) < 4.78 is 5.19. The highest BCUT2D eigenvalue weighted by Crippen LogP contribution is 2.20. The van der Waals surface area contributed by atoms with E-state index in [0.29, 0.717) is 0 Å². The molecule has 1 saturated carbocycles. The largest absolute Gasteiger partial charge is 0.461 e. The smallest absolute Gasteiger partial charge is 0.325 e. The van der Waals surface area contributed by atoms with Crippen molar-refractivity contribution in [3.63, 3.8) is 0 Å². The minimum atomic E-state index is -0.327. The molecule has 1 aliphatic carbocycles. The van der Waals surface area contributed by atoms with Gasteiger partial charge in [-0.3, -0.25) is 10.2 Å². The maximum absolute atomic E-state index is 11.2. The van der Waals surface area contributed by atoms with Crippen molar-refractivity contribution in [2.45, 2.75) is 38.2 Å². The van der Waals surface area contributed by atoms with Gasteiger partial charge in [0.2, 0.25) is 0 Å². The molecule has 1 rings (SSSR count). The van der Waals surface area contributed by atoms with Gasteiger partial charge < -0.3 is 15.8 Å². The van der Waals surface area contributed by atoms with Crippen molar-refractivity contribution in [3.05, 3.63) is 0 Å². The highest BCUT2D eigenvalue weighted by Gasteiger charge is 2.17. The van der Waals surface area contributed by atoms with Crippen LogP contribution in [0.3, 0.4) is 0 Å². The van der Waals surface area contributed by atoms with Gasteiger partial charge in [0.1, 0.15) is 12.6 Å². The number of nitrogens with one attached hydrogen (secondary N) is 2. The van der Waals surface area contributed by atoms with E-state index in [1.54, 1.807) is 0 Å². The molecule has 1 fully saturated rings. The van der Waals surface area contributed by atoms with Gasteiger partial charge in [0.05, 0.1) is 0 Å². The predicted molar refractivity (Wildman–Crippen MR) is 52.9 cm³/mol. The Hall–Kier alpha value is -1.26. The molecule has 0 amide bonds. The lowest BCUT2D eigenvalue weighted by atomic mass is 9.98. The molecule has 1 aliphatic rings. The molecule has 0 spiro atoms. The maximum Gasteiger partial charge on any atom is 0.325 e. The van der Waals surface area contributed by atoms with Crippen LogP contribution in [0.5, 0.6) is 0 Å². The average molecular weight is 199 g/mol. The zero-order valence-electron chi connectivity index (χ0n) is 8.21. The Kier molecular flexibility index (Phi) is 4.22. The fraction of sp³-hybridized carbons (Fsp3) is 0.778. The summed E-state index contributed by atoms with van der Waals surface area (Å²) in [5.41, 5.74) is 5.04. The summed E-state index contributed by atoms with van der Waals surface area (Å²) in [6.45, 7) is -0.00810. The minimum Gasteiger partial charge on any atom is -0.461 e. The van der Waals surface area contributed by atoms with Crippen molar-refractivity contribution in [2.75, 3.05) is 6.54 Å². The van der Waals surface area contributed by atoms with E-state index < -0.39 is 0 Å². The van der Waals surface area contributed by atoms with Gasteiger partial charge in [0, 0.05) is 0 Å². The summed E-state index contributed by atoms with van der Waals surface area (Å²) in [6.07, 6.45) is 5.51. The van der Waals surface area contributed by atoms with E-state index >= 15 is 0 Å². The summed E-state index contributed by atoms with van der Waals surface area (Å²) in [4.78, 5) is 11.2. The topological polar surface area (TPSA) is 88.2 Å². The molecule has 0 saturated heterocycles. The van der Waals surface area contributed by atoms with Crippen molar-refractivity contribution in [3.8, 4) is 0 Å². The van der Waals surface area contributed by atoms with Gasteiger partial charge in [-0.25, -0.2) is 0 Å². The number of hydrogen-bond donors (Lipinski definition) is 3. The lowest BCUT2D eigenvalue weighted by molar-refractivity contribution is -0.149. The van der Waals surface area contributed by atoms with E-state index in [9.17, 15) is 4.79 Å². The van der Waals surface area contributed by atoms with Gasteiger partial charge in [0.25, 0.3) is 0 Å². The quantitative estimate of drug-likeness (QED) is 0.347. The summed E-state index contributed by atoms with van der Waals surface area (Å²) in [5.74, 6) is -0.530. The molecule has 0 unspecified atom stereocenters. The first-order valence-corrected chi connectivity index (χ1v) is 4.96. The van der Waals surface area contributed by atoms with Crippen LogP contribution in [0.2, 0.25) is 0 Å². The third-order valence-corrected chi connectivity index (χ3v) is 2.27. The summed E-state index contributed by atoms with van der Waals surface area (Å²) in [5, 5.41) is 9.29. The highest BCUT2D eigenvalue weighted by molar-refractivity contribution is 5.81. The van der Waals surface area contributed by atoms with Crippen molar-refractivity contribution < 1.29 is 9.53 Å². The normalized spacial score (nSPS) is 17.4. The standard InChI is InChI=1S/C9H17N3O2/c10-9(11)12-6-8(13)14-7-4-2-1-3-5-7/h7H,1-6H2,(H4,10,11,12). The van der Waals surface area contributed by atoms with E-state index in [2.05, 4.69) is 5.32 Å². The first-order valence-electron chi connectivity index (χ1n) is 4.96. The second-order valence-corrected chi connectivity index (χ2v) is 3.52. The van der Waals surface area contributed by atoms with Gasteiger partial charge in [-0.15, -0.1) is 0 Å². The molecular weight excluding hydrogens is 182 g/mol. The van der Waals surface area contributed by atoms with Crippen LogP contribution in [-0.4, -0.2) is 24.6 Å². The van der Waals surface area contributed by atoms with Crippen molar-refractivity contribution in [2.24, 2.45) is 5.73 Å². The monoisotopic (exact) mass is 199 g/mol. The van der Waals surface area contributed by atoms with Crippen LogP contribution in [0.4, 0.5) is 0 Å². The fourth-order valence-corrected chi connectivity index (χ4v) is 1.58. The van der Waals surface area contributed by atoms with Gasteiger partial charge in [-0.2, -0.15) is 0 Å². The number of carbonyl (C=O) groups excluding carboxylic acids is 1. The van der Waals surface area contributed by atoms with Crippen LogP contribution in [0.15, 0.2) is 0 Å². The fourth-order valence-electron chi connectivity index (χ4n) is 1.58. The van der Waals surface area contributed by atoms with Crippen molar-refractivity contribution in [1.29, 1.82) is 5.41 Å². The summed E-state index contributed by atoms with van der Waals surface area (Å²) in [6, 6.07) is 0. The van der Waals surface area contributed by atoms with Gasteiger partial charge in [0.15, 0.2) is 5.96 Å². The third kappa shape index (κ3) is 4.11. The minimum absolute atomic E-state index is 0.00810. The van der Waals surface area contributed by atoms with E-state index in [0.717, 1.165) is 25.7 Å². The Balaban J connectivity index is 2.15. The number of rotatable bonds is 3. The zero-order valence-corrected chi connectivity index (χ0v) is 8.21. The number of ether oxygens (including phenoxy) is 1. The number of esters is 1. The van der Waals surface area contributed by atoms with Crippen LogP contribution in [0.1, 0.15) is 32.1 Å². The lowest BCUT2D eigenvalue weighted by Crippen LogP contribution is -2.36. The number of guanidine groups is 1. The molecule has 0 radical (unpaired) electrons. The molecule has 0 bridgehead atoms. The van der Waals surface area contributed by atoms with Crippen LogP contribution >= 0.6 is 0 Å². The molecule has 0 heterocycles. The number of nitrogens with two attached hydrogens (primary N) is 1. The predicted octanol–water partition coefficient (Wildman–Crippen LogP) is 0.345. The Morgan fingerprint density at radius 2 is 2.07 bits per heavy atom. The molecule has 80 valence electrons. The second-order valence-electron chi connectivity index (χ2n) is 3.52. The zero-order chi connectivity index (χ0) is 10.4. The molecule has 0 aromatic carbocycles. The van der Waals surface area contributed by atoms with Gasteiger partial charge >= 0.3 is 5.97 Å². The molecule has 0 aromatic rings. The van der Waals surface area contributed by atoms with Crippen LogP contribution in [0, 0.1) is 5.41 Å². The molecule has 4 N–H and O–H groups in total. The number of carbonyl (C=O) groups is 1. The SMILES string of the molecule is N=C(N)NCC(=O)OC1CCCCC1. The molecule has 5 nitrogen and oxygen atoms in total. The van der Waals surface area contributed by atoms with Crippen molar-refractivity contribution in [1.82, 2.24) is 5.32 Å². The van der Waals surface area contributed by atoms with E-state index in [1.165, 1.54) is 6.42 Å². The van der Waals surface area contributed by atoms with Crippen LogP contribution < -0.4 is 11.1 Å². The Morgan fingerprint density at radius 3 is 2.64 bits per heavy atom. The van der Waals surface area contributed by atoms with Crippen LogP contribution in [0.25, 0.3) is 0 Å². The molecule has 0 atom stereocenters. The maximum atomic E-state index is 11.2. The van der Waals surface area contributed by atoms with E-state index in [4.69, 9.17) is 15.9 Å². The highest BCUT2D eigenvalue weighted by atomic mass is 16.5. The van der Waals surface area contributed by atoms with Crippen molar-refractivity contribution >= 4 is 11.9 Å². The molecule has 5 heteroatoms. The first-order chi connectivity index (χ1) is 6.68. The lowest BCUT2D eigenvalue weighted by Gasteiger charge is -2.21. The molecule has 14 heavy (non-hydrogen) atoms. The first kappa shape index (κ1) is 10.8. The summed E-state index contributed by atoms with van der Waals surface area (Å²) >= 11 is 0. The molecule has 0 aliphatic heterocycles. The average Bonchev–Trinajstić information content (AvgIpc) is 2.16. The Bertz CT molecular complexity index is 212. The van der Waals surface area contributed by atoms with Gasteiger partial charge in [-0.05, 0) is 25.7 Å². The Morgan fingerprint density at radius 1 is 1.43 bits per heavy atom. The third-order valence-electron chi connectivity index (χ3n) is 2.27. The second kappa shape index (κ2) is 5.47. The van der Waals surface area contributed by atoms with E-state index in [-0.39, 0.29) is 24.6 Å². The molecular formula is C9H17N3O2. The number of hydrogen-bond acceptors (Lipinski definition) is 3. The molecule has 0 aromatic heterocycles.